The van der Waals surface area contributed by atoms with Gasteiger partial charge in [-0.1, -0.05) is 36.1 Å². The van der Waals surface area contributed by atoms with E-state index in [1.54, 1.807) is 11.3 Å². The number of rotatable bonds is 0. The monoisotopic (exact) mass is 182 g/mol. The first-order valence-electron chi connectivity index (χ1n) is 3.35. The second-order valence-electron chi connectivity index (χ2n) is 2.41. The molecule has 1 nitrogen and oxygen atoms in total. The van der Waals surface area contributed by atoms with Crippen molar-refractivity contribution in [3.63, 3.8) is 0 Å². The van der Waals surface area contributed by atoms with Crippen LogP contribution in [0.15, 0.2) is 28.6 Å². The van der Waals surface area contributed by atoms with Crippen LogP contribution in [0.5, 0.6) is 0 Å². The minimum Gasteiger partial charge on any atom is -0.179 e. The molecule has 0 saturated heterocycles. The molecule has 0 amide bonds. The highest BCUT2D eigenvalue weighted by atomic mass is 32.2. The lowest BCUT2D eigenvalue weighted by molar-refractivity contribution is -0.676. The van der Waals surface area contributed by atoms with Crippen LogP contribution in [0.25, 0.3) is 10.2 Å². The summed E-state index contributed by atoms with van der Waals surface area (Å²) in [5.74, 6) is 0. The van der Waals surface area contributed by atoms with Crippen LogP contribution < -0.4 is 4.57 Å². The van der Waals surface area contributed by atoms with Crippen LogP contribution in [0.3, 0.4) is 0 Å². The zero-order chi connectivity index (χ0) is 7.84. The van der Waals surface area contributed by atoms with Gasteiger partial charge in [0.1, 0.15) is 11.7 Å². The van der Waals surface area contributed by atoms with Gasteiger partial charge in [0.2, 0.25) is 5.52 Å². The molecule has 1 aromatic carbocycles. The van der Waals surface area contributed by atoms with Crippen molar-refractivity contribution in [2.75, 3.05) is 0 Å². The molecule has 11 heavy (non-hydrogen) atoms. The smallest absolute Gasteiger partial charge is 0.179 e. The van der Waals surface area contributed by atoms with Gasteiger partial charge in [-0.2, -0.15) is 4.57 Å². The molecular formula is C8H8NS2+. The van der Waals surface area contributed by atoms with Gasteiger partial charge in [0.25, 0.3) is 4.34 Å². The first-order valence-corrected chi connectivity index (χ1v) is 4.62. The number of aryl methyl sites for hydroxylation is 1. The zero-order valence-corrected chi connectivity index (χ0v) is 7.82. The molecule has 0 spiro atoms. The summed E-state index contributed by atoms with van der Waals surface area (Å²) in [5.41, 5.74) is 1.25. The molecule has 0 atom stereocenters. The van der Waals surface area contributed by atoms with Crippen LogP contribution in [0.1, 0.15) is 0 Å². The Morgan fingerprint density at radius 3 is 2.82 bits per heavy atom. The van der Waals surface area contributed by atoms with Crippen molar-refractivity contribution in [3.05, 3.63) is 24.3 Å². The largest absolute Gasteiger partial charge is 0.295 e. The fourth-order valence-corrected chi connectivity index (χ4v) is 2.38. The van der Waals surface area contributed by atoms with Crippen molar-refractivity contribution in [2.24, 2.45) is 7.05 Å². The van der Waals surface area contributed by atoms with Crippen molar-refractivity contribution < 1.29 is 4.57 Å². The highest BCUT2D eigenvalue weighted by molar-refractivity contribution is 7.82. The maximum atomic E-state index is 4.34. The molecule has 0 aliphatic carbocycles. The van der Waals surface area contributed by atoms with E-state index in [-0.39, 0.29) is 0 Å². The summed E-state index contributed by atoms with van der Waals surface area (Å²) >= 11 is 6.04. The second kappa shape index (κ2) is 2.50. The number of aromatic nitrogens is 1. The zero-order valence-electron chi connectivity index (χ0n) is 6.11. The molecule has 0 aliphatic rings. The maximum absolute atomic E-state index is 4.34. The van der Waals surface area contributed by atoms with E-state index in [1.807, 2.05) is 19.2 Å². The summed E-state index contributed by atoms with van der Waals surface area (Å²) in [6, 6.07) is 8.31. The van der Waals surface area contributed by atoms with Gasteiger partial charge in [-0.15, -0.1) is 0 Å². The quantitative estimate of drug-likeness (QED) is 0.469. The van der Waals surface area contributed by atoms with E-state index in [0.717, 1.165) is 4.34 Å². The topological polar surface area (TPSA) is 3.88 Å². The predicted octanol–water partition coefficient (Wildman–Crippen LogP) is 2.01. The van der Waals surface area contributed by atoms with Gasteiger partial charge in [-0.05, 0) is 6.07 Å². The summed E-state index contributed by atoms with van der Waals surface area (Å²) < 4.78 is 4.43. The van der Waals surface area contributed by atoms with Crippen molar-refractivity contribution in [1.82, 2.24) is 0 Å². The third kappa shape index (κ3) is 1.04. The molecule has 0 N–H and O–H groups in total. The molecular weight excluding hydrogens is 174 g/mol. The predicted molar refractivity (Wildman–Crippen MR) is 50.3 cm³/mol. The van der Waals surface area contributed by atoms with Crippen LogP contribution in [-0.2, 0) is 7.05 Å². The molecule has 56 valence electrons. The Labute approximate surface area is 74.7 Å². The van der Waals surface area contributed by atoms with Gasteiger partial charge < -0.3 is 0 Å². The highest BCUT2D eigenvalue weighted by Gasteiger charge is 2.11. The summed E-state index contributed by atoms with van der Waals surface area (Å²) in [7, 11) is 2.03. The molecule has 0 aliphatic heterocycles. The van der Waals surface area contributed by atoms with Crippen LogP contribution in [-0.4, -0.2) is 0 Å². The van der Waals surface area contributed by atoms with E-state index in [9.17, 15) is 0 Å². The van der Waals surface area contributed by atoms with Gasteiger partial charge in [0, 0.05) is 6.07 Å². The molecule has 1 heterocycles. The fraction of sp³-hybridized carbons (Fsp3) is 0.125. The van der Waals surface area contributed by atoms with Crippen LogP contribution in [0.4, 0.5) is 0 Å². The summed E-state index contributed by atoms with van der Waals surface area (Å²) in [5, 5.41) is 0. The first kappa shape index (κ1) is 7.13. The Bertz CT molecular complexity index is 392. The Kier molecular flexibility index (Phi) is 1.62. The molecule has 0 bridgehead atoms. The van der Waals surface area contributed by atoms with Crippen LogP contribution in [0, 0.1) is 0 Å². The van der Waals surface area contributed by atoms with Gasteiger partial charge in [0.05, 0.1) is 0 Å². The normalized spacial score (nSPS) is 10.7. The summed E-state index contributed by atoms with van der Waals surface area (Å²) in [6.45, 7) is 0. The Morgan fingerprint density at radius 1 is 1.36 bits per heavy atom. The van der Waals surface area contributed by atoms with Crippen molar-refractivity contribution in [1.29, 1.82) is 0 Å². The molecule has 3 heteroatoms. The number of thiazole rings is 1. The lowest BCUT2D eigenvalue weighted by Gasteiger charge is -1.82. The molecule has 0 fully saturated rings. The van der Waals surface area contributed by atoms with Gasteiger partial charge in [-0.25, -0.2) is 0 Å². The number of fused-ring (bicyclic) bond motifs is 1. The van der Waals surface area contributed by atoms with Crippen LogP contribution in [0.2, 0.25) is 0 Å². The lowest BCUT2D eigenvalue weighted by atomic mass is 10.3. The van der Waals surface area contributed by atoms with E-state index < -0.39 is 0 Å². The third-order valence-corrected chi connectivity index (χ3v) is 3.31. The number of hydrogen-bond donors (Lipinski definition) is 1. The minimum absolute atomic E-state index is 1.05. The molecule has 0 unspecified atom stereocenters. The highest BCUT2D eigenvalue weighted by Crippen LogP contribution is 2.21. The third-order valence-electron chi connectivity index (χ3n) is 1.71. The Morgan fingerprint density at radius 2 is 2.09 bits per heavy atom. The number of thiol groups is 1. The molecule has 1 aromatic heterocycles. The van der Waals surface area contributed by atoms with E-state index in [1.165, 1.54) is 10.2 Å². The fourth-order valence-electron chi connectivity index (χ4n) is 1.09. The minimum atomic E-state index is 1.05. The number of para-hydroxylation sites is 1. The van der Waals surface area contributed by atoms with E-state index >= 15 is 0 Å². The molecule has 0 saturated carbocycles. The lowest BCUT2D eigenvalue weighted by Crippen LogP contribution is -2.27. The molecule has 2 rings (SSSR count). The average Bonchev–Trinajstić information content (AvgIpc) is 2.30. The number of benzene rings is 1. The molecule has 0 radical (unpaired) electrons. The van der Waals surface area contributed by atoms with Crippen LogP contribution >= 0.6 is 24.0 Å². The van der Waals surface area contributed by atoms with Crippen molar-refractivity contribution in [3.8, 4) is 0 Å². The van der Waals surface area contributed by atoms with Crippen molar-refractivity contribution >= 4 is 34.2 Å². The second-order valence-corrected chi connectivity index (χ2v) is 4.17. The standard InChI is InChI=1S/C8H7NS2/c1-9-6-4-2-3-5-7(6)11-8(9)10/h2-5H,1H3/p+1. The maximum Gasteiger partial charge on any atom is 0.295 e. The first-order chi connectivity index (χ1) is 5.29. The van der Waals surface area contributed by atoms with Crippen molar-refractivity contribution in [2.45, 2.75) is 4.34 Å². The molecule has 2 aromatic rings. The Hall–Kier alpha value is -0.540. The SMILES string of the molecule is C[n+]1c(S)sc2ccccc21. The summed E-state index contributed by atoms with van der Waals surface area (Å²) in [4.78, 5) is 0. The average molecular weight is 182 g/mol. The van der Waals surface area contributed by atoms with E-state index in [0.29, 0.717) is 0 Å². The number of hydrogen-bond acceptors (Lipinski definition) is 2. The van der Waals surface area contributed by atoms with E-state index in [2.05, 4.69) is 29.3 Å². The Balaban J connectivity index is 2.92. The van der Waals surface area contributed by atoms with Gasteiger partial charge in [-0.3, -0.25) is 0 Å². The van der Waals surface area contributed by atoms with Gasteiger partial charge in [0.15, 0.2) is 0 Å². The number of nitrogens with zero attached hydrogens (tertiary/aromatic N) is 1. The summed E-state index contributed by atoms with van der Waals surface area (Å²) in [6.07, 6.45) is 0. The van der Waals surface area contributed by atoms with E-state index in [4.69, 9.17) is 0 Å². The van der Waals surface area contributed by atoms with Gasteiger partial charge >= 0.3 is 0 Å².